The molecule has 6 heteroatoms. The number of hydrogen-bond donors (Lipinski definition) is 0. The summed E-state index contributed by atoms with van der Waals surface area (Å²) in [5.74, 6) is 1.15. The second kappa shape index (κ2) is 6.35. The van der Waals surface area contributed by atoms with Gasteiger partial charge in [0, 0.05) is 6.54 Å². The topological polar surface area (TPSA) is 72.4 Å². The summed E-state index contributed by atoms with van der Waals surface area (Å²) in [4.78, 5) is 19.7. The van der Waals surface area contributed by atoms with E-state index in [4.69, 9.17) is 8.94 Å². The van der Waals surface area contributed by atoms with E-state index in [1.807, 2.05) is 36.1 Å². The molecule has 3 aromatic rings. The third-order valence-electron chi connectivity index (χ3n) is 4.84. The average molecular weight is 339 g/mol. The fourth-order valence-corrected chi connectivity index (χ4v) is 3.54. The summed E-state index contributed by atoms with van der Waals surface area (Å²) in [7, 11) is 0. The van der Waals surface area contributed by atoms with Gasteiger partial charge in [-0.05, 0) is 44.7 Å². The van der Waals surface area contributed by atoms with E-state index in [1.165, 1.54) is 0 Å². The van der Waals surface area contributed by atoms with Gasteiger partial charge < -0.3 is 13.8 Å². The Kier molecular flexibility index (Phi) is 4.03. The standard InChI is InChI=1S/C19H21N3O3/c1-3-13-17(12(2)25-21-13)19(23)22-11-7-6-9-15(22)18-20-14-8-4-5-10-16(14)24-18/h4-5,8,10,15H,3,6-7,9,11H2,1-2H3. The third-order valence-corrected chi connectivity index (χ3v) is 4.84. The fourth-order valence-electron chi connectivity index (χ4n) is 3.54. The lowest BCUT2D eigenvalue weighted by Gasteiger charge is -2.33. The van der Waals surface area contributed by atoms with Gasteiger partial charge >= 0.3 is 0 Å². The van der Waals surface area contributed by atoms with E-state index in [2.05, 4.69) is 10.1 Å². The lowest BCUT2D eigenvalue weighted by Crippen LogP contribution is -2.39. The van der Waals surface area contributed by atoms with Gasteiger partial charge in [-0.25, -0.2) is 4.98 Å². The molecule has 0 bridgehead atoms. The predicted octanol–water partition coefficient (Wildman–Crippen LogP) is 4.05. The maximum absolute atomic E-state index is 13.2. The molecule has 4 rings (SSSR count). The Hall–Kier alpha value is -2.63. The zero-order chi connectivity index (χ0) is 17.4. The number of carbonyl (C=O) groups is 1. The molecule has 1 saturated heterocycles. The first-order valence-corrected chi connectivity index (χ1v) is 8.80. The van der Waals surface area contributed by atoms with Crippen molar-refractivity contribution in [1.29, 1.82) is 0 Å². The van der Waals surface area contributed by atoms with Gasteiger partial charge in [0.05, 0.1) is 5.69 Å². The summed E-state index contributed by atoms with van der Waals surface area (Å²) < 4.78 is 11.2. The minimum absolute atomic E-state index is 0.0393. The Bertz CT molecular complexity index is 879. The highest BCUT2D eigenvalue weighted by molar-refractivity contribution is 5.96. The van der Waals surface area contributed by atoms with Crippen molar-refractivity contribution >= 4 is 17.0 Å². The number of hydrogen-bond acceptors (Lipinski definition) is 5. The monoisotopic (exact) mass is 339 g/mol. The van der Waals surface area contributed by atoms with Gasteiger partial charge in [0.1, 0.15) is 22.9 Å². The molecule has 6 nitrogen and oxygen atoms in total. The second-order valence-electron chi connectivity index (χ2n) is 6.44. The lowest BCUT2D eigenvalue weighted by atomic mass is 10.00. The minimum atomic E-state index is -0.146. The quantitative estimate of drug-likeness (QED) is 0.719. The molecule has 1 aliphatic rings. The van der Waals surface area contributed by atoms with Crippen molar-refractivity contribution in [2.24, 2.45) is 0 Å². The van der Waals surface area contributed by atoms with Crippen molar-refractivity contribution in [3.05, 3.63) is 47.2 Å². The molecule has 2 aromatic heterocycles. The summed E-state index contributed by atoms with van der Waals surface area (Å²) in [6.45, 7) is 4.45. The number of benzene rings is 1. The molecule has 1 aromatic carbocycles. The normalized spacial score (nSPS) is 18.0. The number of nitrogens with zero attached hydrogens (tertiary/aromatic N) is 3. The molecule has 3 heterocycles. The van der Waals surface area contributed by atoms with Crippen LogP contribution in [0.3, 0.4) is 0 Å². The van der Waals surface area contributed by atoms with Crippen LogP contribution in [0.2, 0.25) is 0 Å². The Labute approximate surface area is 145 Å². The van der Waals surface area contributed by atoms with Gasteiger partial charge in [0.2, 0.25) is 5.89 Å². The van der Waals surface area contributed by atoms with E-state index in [1.54, 1.807) is 6.92 Å². The molecule has 0 spiro atoms. The smallest absolute Gasteiger partial charge is 0.260 e. The number of carbonyl (C=O) groups excluding carboxylic acids is 1. The number of likely N-dealkylation sites (tertiary alicyclic amines) is 1. The van der Waals surface area contributed by atoms with Gasteiger partial charge in [-0.15, -0.1) is 0 Å². The van der Waals surface area contributed by atoms with Gasteiger partial charge in [0.25, 0.3) is 5.91 Å². The van der Waals surface area contributed by atoms with Crippen molar-refractivity contribution in [3.8, 4) is 0 Å². The van der Waals surface area contributed by atoms with Crippen molar-refractivity contribution in [2.45, 2.75) is 45.6 Å². The molecule has 1 fully saturated rings. The summed E-state index contributed by atoms with van der Waals surface area (Å²) in [5.41, 5.74) is 2.88. The molecule has 0 radical (unpaired) electrons. The highest BCUT2D eigenvalue weighted by atomic mass is 16.5. The number of oxazole rings is 1. The Morgan fingerprint density at radius 1 is 1.32 bits per heavy atom. The first-order chi connectivity index (χ1) is 12.2. The van der Waals surface area contributed by atoms with Crippen LogP contribution in [0.15, 0.2) is 33.2 Å². The summed E-state index contributed by atoms with van der Waals surface area (Å²) in [6.07, 6.45) is 3.55. The zero-order valence-electron chi connectivity index (χ0n) is 14.5. The van der Waals surface area contributed by atoms with E-state index in [0.717, 1.165) is 30.4 Å². The van der Waals surface area contributed by atoms with Crippen LogP contribution < -0.4 is 0 Å². The molecule has 0 N–H and O–H groups in total. The number of amides is 1. The third kappa shape index (κ3) is 2.71. The largest absolute Gasteiger partial charge is 0.438 e. The van der Waals surface area contributed by atoms with Crippen LogP contribution >= 0.6 is 0 Å². The minimum Gasteiger partial charge on any atom is -0.438 e. The Morgan fingerprint density at radius 3 is 2.96 bits per heavy atom. The first kappa shape index (κ1) is 15.9. The highest BCUT2D eigenvalue weighted by Crippen LogP contribution is 2.34. The van der Waals surface area contributed by atoms with Crippen molar-refractivity contribution in [3.63, 3.8) is 0 Å². The van der Waals surface area contributed by atoms with Crippen LogP contribution in [0, 0.1) is 6.92 Å². The predicted molar refractivity (Wildman–Crippen MR) is 92.3 cm³/mol. The van der Waals surface area contributed by atoms with Crippen molar-refractivity contribution in [2.75, 3.05) is 6.54 Å². The molecule has 1 atom stereocenters. The summed E-state index contributed by atoms with van der Waals surface area (Å²) in [6, 6.07) is 7.55. The van der Waals surface area contributed by atoms with Crippen LogP contribution in [-0.4, -0.2) is 27.5 Å². The molecular weight excluding hydrogens is 318 g/mol. The highest BCUT2D eigenvalue weighted by Gasteiger charge is 2.34. The van der Waals surface area contributed by atoms with Gasteiger partial charge in [0.15, 0.2) is 5.58 Å². The van der Waals surface area contributed by atoms with E-state index >= 15 is 0 Å². The lowest BCUT2D eigenvalue weighted by molar-refractivity contribution is 0.0571. The van der Waals surface area contributed by atoms with Gasteiger partial charge in [-0.1, -0.05) is 24.2 Å². The van der Waals surface area contributed by atoms with E-state index in [9.17, 15) is 4.79 Å². The van der Waals surface area contributed by atoms with Gasteiger partial charge in [-0.3, -0.25) is 4.79 Å². The Morgan fingerprint density at radius 2 is 2.16 bits per heavy atom. The molecule has 25 heavy (non-hydrogen) atoms. The summed E-state index contributed by atoms with van der Waals surface area (Å²) >= 11 is 0. The van der Waals surface area contributed by atoms with Crippen LogP contribution in [0.5, 0.6) is 0 Å². The molecule has 1 aliphatic heterocycles. The maximum atomic E-state index is 13.2. The van der Waals surface area contributed by atoms with E-state index < -0.39 is 0 Å². The molecular formula is C19H21N3O3. The molecule has 1 unspecified atom stereocenters. The molecule has 1 amide bonds. The second-order valence-corrected chi connectivity index (χ2v) is 6.44. The number of piperidine rings is 1. The van der Waals surface area contributed by atoms with Gasteiger partial charge in [-0.2, -0.15) is 0 Å². The van der Waals surface area contributed by atoms with Crippen LogP contribution in [-0.2, 0) is 6.42 Å². The van der Waals surface area contributed by atoms with Crippen LogP contribution in [0.1, 0.15) is 59.9 Å². The molecule has 0 aliphatic carbocycles. The number of aromatic nitrogens is 2. The zero-order valence-corrected chi connectivity index (χ0v) is 14.5. The first-order valence-electron chi connectivity index (χ1n) is 8.80. The SMILES string of the molecule is CCc1noc(C)c1C(=O)N1CCCCC1c1nc2ccccc2o1. The van der Waals surface area contributed by atoms with Crippen LogP contribution in [0.25, 0.3) is 11.1 Å². The molecule has 0 saturated carbocycles. The average Bonchev–Trinajstić information content (AvgIpc) is 3.24. The molecule has 130 valence electrons. The van der Waals surface area contributed by atoms with E-state index in [0.29, 0.717) is 35.9 Å². The van der Waals surface area contributed by atoms with E-state index in [-0.39, 0.29) is 11.9 Å². The number of rotatable bonds is 3. The van der Waals surface area contributed by atoms with Crippen molar-refractivity contribution < 1.29 is 13.7 Å². The Balaban J connectivity index is 1.71. The number of fused-ring (bicyclic) bond motifs is 1. The maximum Gasteiger partial charge on any atom is 0.260 e. The van der Waals surface area contributed by atoms with Crippen LogP contribution in [0.4, 0.5) is 0 Å². The van der Waals surface area contributed by atoms with Crippen molar-refractivity contribution in [1.82, 2.24) is 15.0 Å². The summed E-state index contributed by atoms with van der Waals surface area (Å²) in [5, 5.41) is 4.02. The number of aryl methyl sites for hydroxylation is 2. The fraction of sp³-hybridized carbons (Fsp3) is 0.421. The number of para-hydroxylation sites is 2.